The van der Waals surface area contributed by atoms with Gasteiger partial charge in [0.2, 0.25) is 0 Å². The number of phenols is 1. The number of rotatable bonds is 1. The second kappa shape index (κ2) is 3.77. The van der Waals surface area contributed by atoms with Gasteiger partial charge in [0.05, 0.1) is 0 Å². The summed E-state index contributed by atoms with van der Waals surface area (Å²) in [5, 5.41) is 9.03. The fourth-order valence-corrected chi connectivity index (χ4v) is 1.33. The van der Waals surface area contributed by atoms with Crippen LogP contribution in [-0.4, -0.2) is 10.1 Å². The third-order valence-corrected chi connectivity index (χ3v) is 2.13. The first-order chi connectivity index (χ1) is 7.58. The molecule has 5 heteroatoms. The SMILES string of the molecule is Nc1ncc(-c2ccc(O)cc2F)cc1F. The van der Waals surface area contributed by atoms with Crippen molar-refractivity contribution in [3.05, 3.63) is 42.1 Å². The average molecular weight is 222 g/mol. The predicted molar refractivity (Wildman–Crippen MR) is 55.7 cm³/mol. The summed E-state index contributed by atoms with van der Waals surface area (Å²) >= 11 is 0. The number of nitrogen functional groups attached to an aromatic ring is 1. The topological polar surface area (TPSA) is 59.1 Å². The Kier molecular flexibility index (Phi) is 2.44. The summed E-state index contributed by atoms with van der Waals surface area (Å²) in [6.45, 7) is 0. The van der Waals surface area contributed by atoms with Gasteiger partial charge in [-0.2, -0.15) is 0 Å². The number of aromatic nitrogens is 1. The highest BCUT2D eigenvalue weighted by Crippen LogP contribution is 2.26. The summed E-state index contributed by atoms with van der Waals surface area (Å²) in [5.41, 5.74) is 5.63. The Morgan fingerprint density at radius 2 is 1.88 bits per heavy atom. The molecule has 0 saturated heterocycles. The van der Waals surface area contributed by atoms with Crippen molar-refractivity contribution >= 4 is 5.82 Å². The number of benzene rings is 1. The maximum Gasteiger partial charge on any atom is 0.165 e. The highest BCUT2D eigenvalue weighted by atomic mass is 19.1. The number of hydrogen-bond donors (Lipinski definition) is 2. The van der Waals surface area contributed by atoms with Gasteiger partial charge in [0.15, 0.2) is 11.6 Å². The Balaban J connectivity index is 2.54. The van der Waals surface area contributed by atoms with Crippen LogP contribution < -0.4 is 5.73 Å². The monoisotopic (exact) mass is 222 g/mol. The Morgan fingerprint density at radius 3 is 2.50 bits per heavy atom. The number of nitrogens with two attached hydrogens (primary N) is 1. The highest BCUT2D eigenvalue weighted by molar-refractivity contribution is 5.65. The summed E-state index contributed by atoms with van der Waals surface area (Å²) in [5.74, 6) is -1.77. The van der Waals surface area contributed by atoms with Crippen molar-refractivity contribution in [3.8, 4) is 16.9 Å². The molecule has 3 N–H and O–H groups in total. The summed E-state index contributed by atoms with van der Waals surface area (Å²) < 4.78 is 26.5. The predicted octanol–water partition coefficient (Wildman–Crippen LogP) is 2.31. The number of nitrogens with zero attached hydrogens (tertiary/aromatic N) is 1. The van der Waals surface area contributed by atoms with E-state index in [-0.39, 0.29) is 22.7 Å². The number of anilines is 1. The molecule has 16 heavy (non-hydrogen) atoms. The average Bonchev–Trinajstić information content (AvgIpc) is 2.22. The van der Waals surface area contributed by atoms with Gasteiger partial charge in [0.25, 0.3) is 0 Å². The van der Waals surface area contributed by atoms with E-state index < -0.39 is 11.6 Å². The van der Waals surface area contributed by atoms with Crippen molar-refractivity contribution in [1.29, 1.82) is 0 Å². The number of hydrogen-bond acceptors (Lipinski definition) is 3. The zero-order chi connectivity index (χ0) is 11.7. The minimum absolute atomic E-state index is 0.157. The van der Waals surface area contributed by atoms with E-state index in [1.165, 1.54) is 18.3 Å². The maximum atomic E-state index is 13.4. The Hall–Kier alpha value is -2.17. The molecule has 0 atom stereocenters. The van der Waals surface area contributed by atoms with Gasteiger partial charge < -0.3 is 10.8 Å². The van der Waals surface area contributed by atoms with Crippen LogP contribution >= 0.6 is 0 Å². The smallest absolute Gasteiger partial charge is 0.165 e. The highest BCUT2D eigenvalue weighted by Gasteiger charge is 2.08. The Morgan fingerprint density at radius 1 is 1.12 bits per heavy atom. The maximum absolute atomic E-state index is 13.4. The summed E-state index contributed by atoms with van der Waals surface area (Å²) in [6, 6.07) is 4.70. The largest absolute Gasteiger partial charge is 0.508 e. The van der Waals surface area contributed by atoms with Gasteiger partial charge in [-0.05, 0) is 18.2 Å². The molecule has 1 aromatic heterocycles. The van der Waals surface area contributed by atoms with E-state index in [9.17, 15) is 8.78 Å². The lowest BCUT2D eigenvalue weighted by atomic mass is 10.1. The van der Waals surface area contributed by atoms with E-state index in [0.717, 1.165) is 12.1 Å². The molecule has 82 valence electrons. The van der Waals surface area contributed by atoms with Gasteiger partial charge in [-0.25, -0.2) is 13.8 Å². The van der Waals surface area contributed by atoms with Crippen LogP contribution in [0.25, 0.3) is 11.1 Å². The Labute approximate surface area is 90.2 Å². The quantitative estimate of drug-likeness (QED) is 0.778. The lowest BCUT2D eigenvalue weighted by Crippen LogP contribution is -1.95. The number of halogens is 2. The number of aromatic hydroxyl groups is 1. The van der Waals surface area contributed by atoms with Crippen molar-refractivity contribution < 1.29 is 13.9 Å². The molecule has 0 spiro atoms. The summed E-state index contributed by atoms with van der Waals surface area (Å²) in [6.07, 6.45) is 1.27. The van der Waals surface area contributed by atoms with E-state index in [2.05, 4.69) is 4.98 Å². The Bertz CT molecular complexity index is 544. The van der Waals surface area contributed by atoms with Gasteiger partial charge >= 0.3 is 0 Å². The fourth-order valence-electron chi connectivity index (χ4n) is 1.33. The van der Waals surface area contributed by atoms with Crippen LogP contribution in [0.5, 0.6) is 5.75 Å². The molecule has 0 bridgehead atoms. The molecule has 0 aliphatic heterocycles. The zero-order valence-electron chi connectivity index (χ0n) is 8.11. The molecule has 1 heterocycles. The lowest BCUT2D eigenvalue weighted by molar-refractivity contribution is 0.469. The molecular formula is C11H8F2N2O. The molecule has 2 rings (SSSR count). The van der Waals surface area contributed by atoms with E-state index in [1.54, 1.807) is 0 Å². The normalized spacial score (nSPS) is 10.4. The van der Waals surface area contributed by atoms with Crippen LogP contribution in [0, 0.1) is 11.6 Å². The lowest BCUT2D eigenvalue weighted by Gasteiger charge is -2.04. The minimum atomic E-state index is -0.704. The summed E-state index contributed by atoms with van der Waals surface area (Å²) in [4.78, 5) is 3.59. The van der Waals surface area contributed by atoms with Gasteiger partial charge in [-0.3, -0.25) is 0 Å². The first kappa shape index (κ1) is 10.4. The van der Waals surface area contributed by atoms with Crippen LogP contribution in [-0.2, 0) is 0 Å². The molecule has 0 saturated carbocycles. The third-order valence-electron chi connectivity index (χ3n) is 2.13. The van der Waals surface area contributed by atoms with E-state index in [4.69, 9.17) is 10.8 Å². The number of phenolic OH excluding ortho intramolecular Hbond substituents is 1. The molecular weight excluding hydrogens is 214 g/mol. The van der Waals surface area contributed by atoms with Crippen molar-refractivity contribution in [2.24, 2.45) is 0 Å². The molecule has 0 unspecified atom stereocenters. The standard InChI is InChI=1S/C11H8F2N2O/c12-9-4-7(16)1-2-8(9)6-3-10(13)11(14)15-5-6/h1-5,16H,(H2,14,15). The van der Waals surface area contributed by atoms with Crippen molar-refractivity contribution in [3.63, 3.8) is 0 Å². The van der Waals surface area contributed by atoms with Gasteiger partial charge in [0.1, 0.15) is 11.6 Å². The number of pyridine rings is 1. The second-order valence-electron chi connectivity index (χ2n) is 3.26. The summed E-state index contributed by atoms with van der Waals surface area (Å²) in [7, 11) is 0. The molecule has 2 aromatic rings. The molecule has 0 aliphatic carbocycles. The van der Waals surface area contributed by atoms with Crippen LogP contribution in [0.2, 0.25) is 0 Å². The van der Waals surface area contributed by atoms with Crippen molar-refractivity contribution in [2.75, 3.05) is 5.73 Å². The molecule has 1 aromatic carbocycles. The van der Waals surface area contributed by atoms with Crippen LogP contribution in [0.15, 0.2) is 30.5 Å². The third kappa shape index (κ3) is 1.79. The zero-order valence-corrected chi connectivity index (χ0v) is 8.11. The van der Waals surface area contributed by atoms with Gasteiger partial charge in [-0.15, -0.1) is 0 Å². The van der Waals surface area contributed by atoms with E-state index in [1.807, 2.05) is 0 Å². The fraction of sp³-hybridized carbons (Fsp3) is 0. The molecule has 3 nitrogen and oxygen atoms in total. The molecule has 0 radical (unpaired) electrons. The first-order valence-corrected chi connectivity index (χ1v) is 4.48. The van der Waals surface area contributed by atoms with E-state index in [0.29, 0.717) is 0 Å². The van der Waals surface area contributed by atoms with Crippen LogP contribution in [0.3, 0.4) is 0 Å². The van der Waals surface area contributed by atoms with Crippen molar-refractivity contribution in [1.82, 2.24) is 4.98 Å². The van der Waals surface area contributed by atoms with Crippen LogP contribution in [0.4, 0.5) is 14.6 Å². The van der Waals surface area contributed by atoms with E-state index >= 15 is 0 Å². The van der Waals surface area contributed by atoms with Crippen molar-refractivity contribution in [2.45, 2.75) is 0 Å². The molecule has 0 fully saturated rings. The molecule has 0 aliphatic rings. The van der Waals surface area contributed by atoms with Gasteiger partial charge in [0, 0.05) is 23.4 Å². The van der Waals surface area contributed by atoms with Gasteiger partial charge in [-0.1, -0.05) is 0 Å². The molecule has 0 amide bonds. The first-order valence-electron chi connectivity index (χ1n) is 4.48. The minimum Gasteiger partial charge on any atom is -0.508 e. The second-order valence-corrected chi connectivity index (χ2v) is 3.26. The van der Waals surface area contributed by atoms with Crippen LogP contribution in [0.1, 0.15) is 0 Å².